The highest BCUT2D eigenvalue weighted by Crippen LogP contribution is 2.15. The highest BCUT2D eigenvalue weighted by atomic mass is 16.2. The molecule has 3 rings (SSSR count). The van der Waals surface area contributed by atoms with Gasteiger partial charge in [-0.25, -0.2) is 0 Å². The summed E-state index contributed by atoms with van der Waals surface area (Å²) >= 11 is 0. The second-order valence-corrected chi connectivity index (χ2v) is 6.42. The van der Waals surface area contributed by atoms with Crippen molar-refractivity contribution < 1.29 is 9.59 Å². The van der Waals surface area contributed by atoms with Gasteiger partial charge >= 0.3 is 0 Å². The van der Waals surface area contributed by atoms with Gasteiger partial charge in [0.2, 0.25) is 11.8 Å². The molecule has 0 bridgehead atoms. The Morgan fingerprint density at radius 1 is 1.25 bits per heavy atom. The molecule has 2 saturated heterocycles. The molecule has 0 spiro atoms. The van der Waals surface area contributed by atoms with E-state index >= 15 is 0 Å². The van der Waals surface area contributed by atoms with Crippen molar-refractivity contribution in [3.8, 4) is 0 Å². The Morgan fingerprint density at radius 3 is 2.83 bits per heavy atom. The molecule has 130 valence electrons. The van der Waals surface area contributed by atoms with E-state index in [2.05, 4.69) is 27.7 Å². The molecule has 2 fully saturated rings. The first kappa shape index (κ1) is 16.8. The first-order valence-electron chi connectivity index (χ1n) is 8.83. The molecule has 2 N–H and O–H groups in total. The second-order valence-electron chi connectivity index (χ2n) is 6.42. The number of amides is 2. The van der Waals surface area contributed by atoms with Gasteiger partial charge in [-0.3, -0.25) is 9.59 Å². The third-order valence-corrected chi connectivity index (χ3v) is 4.69. The molecule has 6 nitrogen and oxygen atoms in total. The van der Waals surface area contributed by atoms with Gasteiger partial charge in [0, 0.05) is 51.4 Å². The van der Waals surface area contributed by atoms with E-state index in [0.717, 1.165) is 44.7 Å². The molecule has 2 aliphatic rings. The number of hydrogen-bond acceptors (Lipinski definition) is 4. The molecular formula is C18H26N4O2. The van der Waals surface area contributed by atoms with E-state index in [-0.39, 0.29) is 17.9 Å². The maximum Gasteiger partial charge on any atom is 0.238 e. The summed E-state index contributed by atoms with van der Waals surface area (Å²) in [4.78, 5) is 28.0. The summed E-state index contributed by atoms with van der Waals surface area (Å²) in [6.45, 7) is 4.61. The normalized spacial score (nSPS) is 21.2. The largest absolute Gasteiger partial charge is 0.368 e. The standard InChI is InChI=1S/C18H26N4O2/c23-17-8-4-11-21(17)12-5-9-20-18(24)16-14-22(13-10-19-16)15-6-2-1-3-7-15/h1-3,6-7,16,19H,4-5,8-14H2,(H,20,24). The molecule has 1 aromatic rings. The fourth-order valence-electron chi connectivity index (χ4n) is 3.34. The zero-order valence-corrected chi connectivity index (χ0v) is 14.0. The summed E-state index contributed by atoms with van der Waals surface area (Å²) in [7, 11) is 0. The summed E-state index contributed by atoms with van der Waals surface area (Å²) in [5, 5.41) is 6.29. The molecule has 2 aliphatic heterocycles. The minimum atomic E-state index is -0.188. The van der Waals surface area contributed by atoms with E-state index < -0.39 is 0 Å². The Kier molecular flexibility index (Phi) is 5.69. The van der Waals surface area contributed by atoms with E-state index in [9.17, 15) is 9.59 Å². The SMILES string of the molecule is O=C(NCCCN1CCCC1=O)C1CN(c2ccccc2)CCN1. The number of carbonyl (C=O) groups excluding carboxylic acids is 2. The summed E-state index contributed by atoms with van der Waals surface area (Å²) in [6.07, 6.45) is 2.45. The number of piperazine rings is 1. The van der Waals surface area contributed by atoms with Gasteiger partial charge in [0.15, 0.2) is 0 Å². The van der Waals surface area contributed by atoms with Crippen molar-refractivity contribution in [2.45, 2.75) is 25.3 Å². The van der Waals surface area contributed by atoms with E-state index in [1.807, 2.05) is 23.1 Å². The van der Waals surface area contributed by atoms with Crippen LogP contribution in [-0.4, -0.2) is 62.0 Å². The molecule has 2 heterocycles. The van der Waals surface area contributed by atoms with Crippen LogP contribution >= 0.6 is 0 Å². The molecule has 0 aromatic heterocycles. The first-order valence-corrected chi connectivity index (χ1v) is 8.83. The van der Waals surface area contributed by atoms with E-state index in [1.54, 1.807) is 0 Å². The monoisotopic (exact) mass is 330 g/mol. The number of nitrogens with one attached hydrogen (secondary N) is 2. The molecule has 24 heavy (non-hydrogen) atoms. The molecule has 6 heteroatoms. The molecule has 1 atom stereocenters. The number of anilines is 1. The van der Waals surface area contributed by atoms with Crippen molar-refractivity contribution in [3.05, 3.63) is 30.3 Å². The maximum atomic E-state index is 12.4. The molecule has 1 unspecified atom stereocenters. The van der Waals surface area contributed by atoms with Crippen molar-refractivity contribution in [2.24, 2.45) is 0 Å². The van der Waals surface area contributed by atoms with Crippen LogP contribution in [0, 0.1) is 0 Å². The van der Waals surface area contributed by atoms with E-state index in [1.165, 1.54) is 0 Å². The number of para-hydroxylation sites is 1. The van der Waals surface area contributed by atoms with Crippen LogP contribution in [0.3, 0.4) is 0 Å². The van der Waals surface area contributed by atoms with Gasteiger partial charge in [-0.15, -0.1) is 0 Å². The number of hydrogen-bond donors (Lipinski definition) is 2. The van der Waals surface area contributed by atoms with Crippen molar-refractivity contribution in [1.82, 2.24) is 15.5 Å². The Morgan fingerprint density at radius 2 is 2.08 bits per heavy atom. The second kappa shape index (κ2) is 8.15. The van der Waals surface area contributed by atoms with Crippen molar-refractivity contribution in [1.29, 1.82) is 0 Å². The lowest BCUT2D eigenvalue weighted by atomic mass is 10.1. The lowest BCUT2D eigenvalue weighted by molar-refractivity contribution is -0.127. The van der Waals surface area contributed by atoms with Gasteiger partial charge < -0.3 is 20.4 Å². The maximum absolute atomic E-state index is 12.4. The van der Waals surface area contributed by atoms with Gasteiger partial charge in [-0.2, -0.15) is 0 Å². The molecule has 2 amide bonds. The topological polar surface area (TPSA) is 64.7 Å². The van der Waals surface area contributed by atoms with Crippen LogP contribution in [0.5, 0.6) is 0 Å². The zero-order chi connectivity index (χ0) is 16.8. The van der Waals surface area contributed by atoms with Gasteiger partial charge in [-0.1, -0.05) is 18.2 Å². The lowest BCUT2D eigenvalue weighted by Gasteiger charge is -2.34. The highest BCUT2D eigenvalue weighted by molar-refractivity contribution is 5.82. The van der Waals surface area contributed by atoms with Crippen LogP contribution in [0.25, 0.3) is 0 Å². The Labute approximate surface area is 143 Å². The van der Waals surface area contributed by atoms with Crippen LogP contribution in [-0.2, 0) is 9.59 Å². The Balaban J connectivity index is 1.40. The Hall–Kier alpha value is -2.08. The van der Waals surface area contributed by atoms with Gasteiger partial charge in [0.25, 0.3) is 0 Å². The average Bonchev–Trinajstić information content (AvgIpc) is 3.04. The quantitative estimate of drug-likeness (QED) is 0.750. The Bertz CT molecular complexity index is 563. The van der Waals surface area contributed by atoms with Crippen molar-refractivity contribution in [2.75, 3.05) is 44.2 Å². The first-order chi connectivity index (χ1) is 11.7. The van der Waals surface area contributed by atoms with Crippen LogP contribution in [0.15, 0.2) is 30.3 Å². The smallest absolute Gasteiger partial charge is 0.238 e. The highest BCUT2D eigenvalue weighted by Gasteiger charge is 2.25. The summed E-state index contributed by atoms with van der Waals surface area (Å²) in [5.41, 5.74) is 1.16. The van der Waals surface area contributed by atoms with Gasteiger partial charge in [-0.05, 0) is 25.0 Å². The third kappa shape index (κ3) is 4.26. The number of benzene rings is 1. The number of nitrogens with zero attached hydrogens (tertiary/aromatic N) is 2. The zero-order valence-electron chi connectivity index (χ0n) is 14.0. The van der Waals surface area contributed by atoms with Crippen LogP contribution in [0.4, 0.5) is 5.69 Å². The average molecular weight is 330 g/mol. The van der Waals surface area contributed by atoms with Crippen LogP contribution in [0.2, 0.25) is 0 Å². The van der Waals surface area contributed by atoms with Crippen molar-refractivity contribution >= 4 is 17.5 Å². The molecule has 1 aromatic carbocycles. The number of carbonyl (C=O) groups is 2. The van der Waals surface area contributed by atoms with E-state index in [4.69, 9.17) is 0 Å². The lowest BCUT2D eigenvalue weighted by Crippen LogP contribution is -2.57. The predicted octanol–water partition coefficient (Wildman–Crippen LogP) is 0.594. The third-order valence-electron chi connectivity index (χ3n) is 4.69. The number of rotatable bonds is 6. The minimum Gasteiger partial charge on any atom is -0.368 e. The molecule has 0 radical (unpaired) electrons. The predicted molar refractivity (Wildman–Crippen MR) is 93.9 cm³/mol. The summed E-state index contributed by atoms with van der Waals surface area (Å²) in [6, 6.07) is 10.0. The van der Waals surface area contributed by atoms with Crippen LogP contribution in [0.1, 0.15) is 19.3 Å². The molecule has 0 aliphatic carbocycles. The van der Waals surface area contributed by atoms with Crippen LogP contribution < -0.4 is 15.5 Å². The summed E-state index contributed by atoms with van der Waals surface area (Å²) in [5.74, 6) is 0.289. The molecule has 0 saturated carbocycles. The van der Waals surface area contributed by atoms with Gasteiger partial charge in [0.1, 0.15) is 6.04 Å². The van der Waals surface area contributed by atoms with Gasteiger partial charge in [0.05, 0.1) is 0 Å². The van der Waals surface area contributed by atoms with Crippen molar-refractivity contribution in [3.63, 3.8) is 0 Å². The van der Waals surface area contributed by atoms with E-state index in [0.29, 0.717) is 19.5 Å². The fraction of sp³-hybridized carbons (Fsp3) is 0.556. The fourth-order valence-corrected chi connectivity index (χ4v) is 3.34. The minimum absolute atomic E-state index is 0.0448. The molecular weight excluding hydrogens is 304 g/mol. The number of likely N-dealkylation sites (tertiary alicyclic amines) is 1. The summed E-state index contributed by atoms with van der Waals surface area (Å²) < 4.78 is 0.